The summed E-state index contributed by atoms with van der Waals surface area (Å²) < 4.78 is 18.8. The van der Waals surface area contributed by atoms with Crippen molar-refractivity contribution in [3.8, 4) is 0 Å². The van der Waals surface area contributed by atoms with E-state index in [1.165, 1.54) is 19.1 Å². The van der Waals surface area contributed by atoms with Crippen LogP contribution in [0.4, 0.5) is 4.39 Å². The number of aliphatic hydroxyl groups is 1. The molecule has 4 nitrogen and oxygen atoms in total. The molecule has 0 radical (unpaired) electrons. The van der Waals surface area contributed by atoms with Crippen molar-refractivity contribution < 1.29 is 24.1 Å². The Balaban J connectivity index is 2.97. The predicted molar refractivity (Wildman–Crippen MR) is 66.7 cm³/mol. The van der Waals surface area contributed by atoms with Gasteiger partial charge in [-0.25, -0.2) is 9.18 Å². The Labute approximate surface area is 113 Å². The van der Waals surface area contributed by atoms with E-state index in [1.54, 1.807) is 6.92 Å². The summed E-state index contributed by atoms with van der Waals surface area (Å²) in [5.41, 5.74) is 0.190. The van der Waals surface area contributed by atoms with Gasteiger partial charge in [0.1, 0.15) is 5.82 Å². The monoisotopic (exact) mass is 320 g/mol. The summed E-state index contributed by atoms with van der Waals surface area (Å²) in [6.07, 6.45) is -2.79. The maximum atomic E-state index is 13.4. The van der Waals surface area contributed by atoms with E-state index < -0.39 is 30.1 Å². The molecule has 0 aliphatic rings. The second-order valence-electron chi connectivity index (χ2n) is 3.97. The topological polar surface area (TPSA) is 66.8 Å². The Hall–Kier alpha value is -0.980. The van der Waals surface area contributed by atoms with Gasteiger partial charge >= 0.3 is 5.97 Å². The molecule has 100 valence electrons. The van der Waals surface area contributed by atoms with Crippen molar-refractivity contribution in [3.05, 3.63) is 34.1 Å². The van der Waals surface area contributed by atoms with Gasteiger partial charge in [0.25, 0.3) is 0 Å². The minimum absolute atomic E-state index is 0.190. The number of benzene rings is 1. The van der Waals surface area contributed by atoms with Gasteiger partial charge in [-0.1, -0.05) is 6.07 Å². The van der Waals surface area contributed by atoms with Crippen molar-refractivity contribution >= 4 is 21.9 Å². The summed E-state index contributed by atoms with van der Waals surface area (Å²) in [5.74, 6) is -1.80. The second-order valence-corrected chi connectivity index (χ2v) is 4.83. The first-order valence-electron chi connectivity index (χ1n) is 5.34. The van der Waals surface area contributed by atoms with Gasteiger partial charge in [0.15, 0.2) is 6.10 Å². The molecule has 0 aromatic heterocycles. The number of carboxylic acid groups (broad SMARTS) is 1. The molecule has 0 saturated heterocycles. The number of rotatable bonds is 5. The quantitative estimate of drug-likeness (QED) is 0.874. The molecule has 18 heavy (non-hydrogen) atoms. The van der Waals surface area contributed by atoms with Crippen molar-refractivity contribution in [1.82, 2.24) is 0 Å². The van der Waals surface area contributed by atoms with Gasteiger partial charge in [-0.2, -0.15) is 0 Å². The number of ether oxygens (including phenoxy) is 1. The Morgan fingerprint density at radius 1 is 1.44 bits per heavy atom. The third-order valence-electron chi connectivity index (χ3n) is 2.50. The molecule has 0 spiro atoms. The van der Waals surface area contributed by atoms with Gasteiger partial charge in [-0.3, -0.25) is 0 Å². The minimum Gasteiger partial charge on any atom is -0.479 e. The standard InChI is InChI=1S/C12H14BrFO4/c1-6(15)7(2)18-11(12(16)17)8-3-4-9(13)10(14)5-8/h3-7,11,15H,1-2H3,(H,16,17). The molecule has 1 aromatic carbocycles. The highest BCUT2D eigenvalue weighted by molar-refractivity contribution is 9.10. The van der Waals surface area contributed by atoms with Gasteiger partial charge < -0.3 is 14.9 Å². The zero-order valence-corrected chi connectivity index (χ0v) is 11.5. The van der Waals surface area contributed by atoms with Crippen LogP contribution in [0.3, 0.4) is 0 Å². The molecule has 1 aromatic rings. The zero-order valence-electron chi connectivity index (χ0n) is 9.93. The van der Waals surface area contributed by atoms with Crippen molar-refractivity contribution in [2.45, 2.75) is 32.2 Å². The number of carboxylic acids is 1. The molecule has 0 bridgehead atoms. The molecule has 0 amide bonds. The number of carbonyl (C=O) groups is 1. The number of aliphatic hydroxyl groups excluding tert-OH is 1. The first kappa shape index (κ1) is 15.1. The highest BCUT2D eigenvalue weighted by atomic mass is 79.9. The normalized spacial score (nSPS) is 16.1. The summed E-state index contributed by atoms with van der Waals surface area (Å²) in [6, 6.07) is 3.97. The lowest BCUT2D eigenvalue weighted by Gasteiger charge is -2.21. The molecular formula is C12H14BrFO4. The smallest absolute Gasteiger partial charge is 0.337 e. The van der Waals surface area contributed by atoms with Gasteiger partial charge in [-0.05, 0) is 47.5 Å². The van der Waals surface area contributed by atoms with Crippen LogP contribution in [0.5, 0.6) is 0 Å². The average molecular weight is 321 g/mol. The van der Waals surface area contributed by atoms with Gasteiger partial charge in [-0.15, -0.1) is 0 Å². The minimum atomic E-state index is -1.31. The fraction of sp³-hybridized carbons (Fsp3) is 0.417. The summed E-state index contributed by atoms with van der Waals surface area (Å²) in [4.78, 5) is 11.1. The van der Waals surface area contributed by atoms with Crippen LogP contribution in [0.15, 0.2) is 22.7 Å². The third kappa shape index (κ3) is 3.76. The molecule has 0 aliphatic carbocycles. The van der Waals surface area contributed by atoms with Crippen LogP contribution >= 0.6 is 15.9 Å². The number of hydrogen-bond donors (Lipinski definition) is 2. The Bertz CT molecular complexity index is 436. The third-order valence-corrected chi connectivity index (χ3v) is 3.14. The van der Waals surface area contributed by atoms with Crippen LogP contribution in [0.25, 0.3) is 0 Å². The van der Waals surface area contributed by atoms with Crippen LogP contribution in [-0.2, 0) is 9.53 Å². The van der Waals surface area contributed by atoms with Crippen molar-refractivity contribution in [1.29, 1.82) is 0 Å². The van der Waals surface area contributed by atoms with Crippen molar-refractivity contribution in [3.63, 3.8) is 0 Å². The van der Waals surface area contributed by atoms with E-state index in [1.807, 2.05) is 0 Å². The van der Waals surface area contributed by atoms with E-state index >= 15 is 0 Å². The summed E-state index contributed by atoms with van der Waals surface area (Å²) >= 11 is 2.99. The van der Waals surface area contributed by atoms with E-state index in [0.717, 1.165) is 6.07 Å². The van der Waals surface area contributed by atoms with Crippen molar-refractivity contribution in [2.24, 2.45) is 0 Å². The van der Waals surface area contributed by atoms with E-state index in [9.17, 15) is 14.3 Å². The summed E-state index contributed by atoms with van der Waals surface area (Å²) in [6.45, 7) is 3.04. The molecule has 0 saturated carbocycles. The first-order valence-corrected chi connectivity index (χ1v) is 6.13. The maximum Gasteiger partial charge on any atom is 0.337 e. The lowest BCUT2D eigenvalue weighted by atomic mass is 10.1. The number of hydrogen-bond acceptors (Lipinski definition) is 3. The molecule has 2 N–H and O–H groups in total. The Morgan fingerprint density at radius 3 is 2.50 bits per heavy atom. The van der Waals surface area contributed by atoms with E-state index in [0.29, 0.717) is 0 Å². The maximum absolute atomic E-state index is 13.4. The fourth-order valence-electron chi connectivity index (χ4n) is 1.28. The Morgan fingerprint density at radius 2 is 2.06 bits per heavy atom. The molecule has 1 rings (SSSR count). The highest BCUT2D eigenvalue weighted by Gasteiger charge is 2.25. The molecule has 0 heterocycles. The van der Waals surface area contributed by atoms with Crippen LogP contribution in [0.1, 0.15) is 25.5 Å². The highest BCUT2D eigenvalue weighted by Crippen LogP contribution is 2.25. The summed E-state index contributed by atoms with van der Waals surface area (Å²) in [5, 5.41) is 18.4. The zero-order chi connectivity index (χ0) is 13.9. The van der Waals surface area contributed by atoms with E-state index in [2.05, 4.69) is 15.9 Å². The predicted octanol–water partition coefficient (Wildman–Crippen LogP) is 2.50. The van der Waals surface area contributed by atoms with Crippen LogP contribution in [0.2, 0.25) is 0 Å². The molecule has 6 heteroatoms. The lowest BCUT2D eigenvalue weighted by Crippen LogP contribution is -2.28. The molecule has 3 atom stereocenters. The van der Waals surface area contributed by atoms with E-state index in [-0.39, 0.29) is 10.0 Å². The van der Waals surface area contributed by atoms with Crippen molar-refractivity contribution in [2.75, 3.05) is 0 Å². The largest absolute Gasteiger partial charge is 0.479 e. The second kappa shape index (κ2) is 6.26. The fourth-order valence-corrected chi connectivity index (χ4v) is 1.53. The van der Waals surface area contributed by atoms with Crippen LogP contribution in [0, 0.1) is 5.82 Å². The molecular weight excluding hydrogens is 307 g/mol. The van der Waals surface area contributed by atoms with Crippen LogP contribution < -0.4 is 0 Å². The van der Waals surface area contributed by atoms with Gasteiger partial charge in [0.05, 0.1) is 16.7 Å². The number of aliphatic carboxylic acids is 1. The SMILES string of the molecule is CC(O)C(C)OC(C(=O)O)c1ccc(Br)c(F)c1. The van der Waals surface area contributed by atoms with Gasteiger partial charge in [0.2, 0.25) is 0 Å². The van der Waals surface area contributed by atoms with Gasteiger partial charge in [0, 0.05) is 0 Å². The Kier molecular flexibility index (Phi) is 5.25. The molecule has 3 unspecified atom stereocenters. The first-order chi connectivity index (χ1) is 8.32. The van der Waals surface area contributed by atoms with Crippen LogP contribution in [-0.4, -0.2) is 28.4 Å². The number of halogens is 2. The van der Waals surface area contributed by atoms with E-state index in [4.69, 9.17) is 9.84 Å². The lowest BCUT2D eigenvalue weighted by molar-refractivity contribution is -0.158. The summed E-state index contributed by atoms with van der Waals surface area (Å²) in [7, 11) is 0. The average Bonchev–Trinajstić information content (AvgIpc) is 2.29. The molecule has 0 aliphatic heterocycles. The molecule has 0 fully saturated rings.